The molecular formula is C35H60N2O8. The van der Waals surface area contributed by atoms with Crippen LogP contribution >= 0.6 is 0 Å². The third kappa shape index (κ3) is 12.0. The Bertz CT molecular complexity index is 981. The molecule has 3 saturated heterocycles. The van der Waals surface area contributed by atoms with Crippen LogP contribution in [0.15, 0.2) is 23.8 Å². The summed E-state index contributed by atoms with van der Waals surface area (Å²) in [6, 6.07) is 0. The fourth-order valence-corrected chi connectivity index (χ4v) is 6.95. The van der Waals surface area contributed by atoms with Crippen molar-refractivity contribution >= 4 is 11.9 Å². The van der Waals surface area contributed by atoms with Crippen LogP contribution in [0.2, 0.25) is 0 Å². The zero-order valence-corrected chi connectivity index (χ0v) is 28.8. The number of ether oxygens (including phenoxy) is 5. The minimum Gasteiger partial charge on any atom is -0.447 e. The van der Waals surface area contributed by atoms with Crippen LogP contribution in [0, 0.1) is 17.8 Å². The standard InChI is InChI=1S/C35H60N2O8/c1-24(23-35(6)33(45-35)27(4)32(41-7)28(5)38)9-8-10-25(2)31-26(3)11-13-30(44-31)14-12-29(39)15-20-42-21-22-43-34(40)37-18-16-36-17-19-37/h8-10,24,26-28,30-33,36,38H,11-23H2,1-7H3/b9-8+,25-10+/t24-,26+,27-,28-,30-,31-,32-,33-,35-/m1/s1. The fraction of sp³-hybridized carbons (Fsp3) is 0.829. The van der Waals surface area contributed by atoms with Crippen molar-refractivity contribution in [3.8, 4) is 0 Å². The molecule has 0 spiro atoms. The van der Waals surface area contributed by atoms with Crippen molar-refractivity contribution in [3.05, 3.63) is 23.8 Å². The Labute approximate surface area is 271 Å². The van der Waals surface area contributed by atoms with Gasteiger partial charge in [0.05, 0.1) is 49.3 Å². The van der Waals surface area contributed by atoms with E-state index in [-0.39, 0.29) is 54.4 Å². The Morgan fingerprint density at radius 3 is 2.53 bits per heavy atom. The first kappa shape index (κ1) is 37.6. The molecule has 10 heteroatoms. The smallest absolute Gasteiger partial charge is 0.409 e. The molecule has 3 fully saturated rings. The monoisotopic (exact) mass is 636 g/mol. The van der Waals surface area contributed by atoms with Crippen LogP contribution in [0.25, 0.3) is 0 Å². The van der Waals surface area contributed by atoms with Gasteiger partial charge >= 0.3 is 6.09 Å². The van der Waals surface area contributed by atoms with Gasteiger partial charge in [0.25, 0.3) is 0 Å². The van der Waals surface area contributed by atoms with Crippen LogP contribution in [0.3, 0.4) is 0 Å². The molecule has 0 radical (unpaired) electrons. The normalized spacial score (nSPS) is 30.1. The average molecular weight is 637 g/mol. The number of carbonyl (C=O) groups excluding carboxylic acids is 2. The number of aliphatic hydroxyl groups is 1. The Balaban J connectivity index is 1.32. The maximum atomic E-state index is 12.5. The Morgan fingerprint density at radius 1 is 1.11 bits per heavy atom. The molecule has 3 aliphatic rings. The van der Waals surface area contributed by atoms with Crippen molar-refractivity contribution in [1.29, 1.82) is 0 Å². The first-order chi connectivity index (χ1) is 21.4. The van der Waals surface area contributed by atoms with Gasteiger partial charge in [-0.3, -0.25) is 4.79 Å². The molecule has 9 atom stereocenters. The highest BCUT2D eigenvalue weighted by Crippen LogP contribution is 2.47. The van der Waals surface area contributed by atoms with Crippen LogP contribution in [0.4, 0.5) is 4.79 Å². The predicted octanol–water partition coefficient (Wildman–Crippen LogP) is 4.69. The number of nitrogens with one attached hydrogen (secondary N) is 1. The van der Waals surface area contributed by atoms with Crippen LogP contribution in [-0.2, 0) is 28.5 Å². The van der Waals surface area contributed by atoms with Gasteiger partial charge in [-0.2, -0.15) is 0 Å². The van der Waals surface area contributed by atoms with E-state index in [0.29, 0.717) is 51.0 Å². The molecule has 2 N–H and O–H groups in total. The molecule has 0 unspecified atom stereocenters. The molecule has 0 saturated carbocycles. The lowest BCUT2D eigenvalue weighted by atomic mass is 9.85. The number of methoxy groups -OCH3 is 1. The highest BCUT2D eigenvalue weighted by Gasteiger charge is 2.56. The van der Waals surface area contributed by atoms with E-state index in [0.717, 1.165) is 38.8 Å². The number of rotatable bonds is 18. The van der Waals surface area contributed by atoms with Crippen LogP contribution in [0.5, 0.6) is 0 Å². The summed E-state index contributed by atoms with van der Waals surface area (Å²) in [6.45, 7) is 16.3. The van der Waals surface area contributed by atoms with Gasteiger partial charge in [0.1, 0.15) is 12.4 Å². The first-order valence-electron chi connectivity index (χ1n) is 17.1. The summed E-state index contributed by atoms with van der Waals surface area (Å²) in [7, 11) is 1.64. The van der Waals surface area contributed by atoms with Gasteiger partial charge in [0.15, 0.2) is 0 Å². The van der Waals surface area contributed by atoms with Gasteiger partial charge in [-0.15, -0.1) is 0 Å². The largest absolute Gasteiger partial charge is 0.447 e. The van der Waals surface area contributed by atoms with Crippen LogP contribution in [-0.4, -0.2) is 111 Å². The molecule has 0 aromatic heterocycles. The molecule has 258 valence electrons. The molecule has 10 nitrogen and oxygen atoms in total. The molecule has 3 aliphatic heterocycles. The lowest BCUT2D eigenvalue weighted by Crippen LogP contribution is -2.46. The topological polar surface area (TPSA) is 119 Å². The molecule has 0 aliphatic carbocycles. The van der Waals surface area contributed by atoms with Gasteiger partial charge in [-0.25, -0.2) is 4.79 Å². The number of piperazine rings is 1. The predicted molar refractivity (Wildman–Crippen MR) is 174 cm³/mol. The molecule has 3 heterocycles. The Kier molecular flexibility index (Phi) is 15.5. The Hall–Kier alpha value is -1.82. The zero-order valence-electron chi connectivity index (χ0n) is 28.8. The molecule has 1 amide bonds. The third-order valence-corrected chi connectivity index (χ3v) is 9.56. The van der Waals surface area contributed by atoms with Crippen molar-refractivity contribution in [2.75, 3.05) is 53.1 Å². The SMILES string of the molecule is CO[C@H]([C@@H](C)[C@H]1O[C@]1(C)C[C@H](C)/C=C/C=C(\C)[C@H]1O[C@@H](CCC(=O)CCOCCOC(=O)N2CCNCC2)CC[C@@H]1C)[C@@H](C)O. The number of amides is 1. The van der Waals surface area contributed by atoms with Gasteiger partial charge in [0.2, 0.25) is 0 Å². The third-order valence-electron chi connectivity index (χ3n) is 9.56. The van der Waals surface area contributed by atoms with E-state index >= 15 is 0 Å². The first-order valence-corrected chi connectivity index (χ1v) is 17.1. The lowest BCUT2D eigenvalue weighted by Gasteiger charge is -2.35. The number of epoxide rings is 1. The van der Waals surface area contributed by atoms with E-state index in [1.807, 2.05) is 0 Å². The summed E-state index contributed by atoms with van der Waals surface area (Å²) in [6.07, 6.45) is 10.2. The number of hydrogen-bond acceptors (Lipinski definition) is 9. The maximum Gasteiger partial charge on any atom is 0.409 e. The summed E-state index contributed by atoms with van der Waals surface area (Å²) >= 11 is 0. The number of nitrogens with zero attached hydrogens (tertiary/aromatic N) is 1. The summed E-state index contributed by atoms with van der Waals surface area (Å²) in [5.41, 5.74) is 0.999. The van der Waals surface area contributed by atoms with E-state index in [9.17, 15) is 14.7 Å². The number of ketones is 1. The van der Waals surface area contributed by atoms with Gasteiger partial charge < -0.3 is 39.0 Å². The lowest BCUT2D eigenvalue weighted by molar-refractivity contribution is -0.122. The van der Waals surface area contributed by atoms with E-state index < -0.39 is 6.10 Å². The second-order valence-corrected chi connectivity index (χ2v) is 13.7. The van der Waals surface area contributed by atoms with E-state index in [4.69, 9.17) is 23.7 Å². The summed E-state index contributed by atoms with van der Waals surface area (Å²) in [5, 5.41) is 13.2. The quantitative estimate of drug-likeness (QED) is 0.126. The van der Waals surface area contributed by atoms with Gasteiger partial charge in [-0.05, 0) is 63.9 Å². The Morgan fingerprint density at radius 2 is 1.84 bits per heavy atom. The molecule has 0 aromatic carbocycles. The van der Waals surface area contributed by atoms with E-state index in [1.54, 1.807) is 18.9 Å². The van der Waals surface area contributed by atoms with Gasteiger partial charge in [0, 0.05) is 52.0 Å². The zero-order chi connectivity index (χ0) is 33.0. The molecule has 45 heavy (non-hydrogen) atoms. The maximum absolute atomic E-state index is 12.5. The fourth-order valence-electron chi connectivity index (χ4n) is 6.95. The summed E-state index contributed by atoms with van der Waals surface area (Å²) in [4.78, 5) is 26.2. The van der Waals surface area contributed by atoms with Crippen molar-refractivity contribution in [1.82, 2.24) is 10.2 Å². The van der Waals surface area contributed by atoms with Crippen molar-refractivity contribution < 1.29 is 38.4 Å². The number of aliphatic hydroxyl groups excluding tert-OH is 1. The highest BCUT2D eigenvalue weighted by atomic mass is 16.6. The summed E-state index contributed by atoms with van der Waals surface area (Å²) in [5.74, 6) is 1.05. The van der Waals surface area contributed by atoms with Crippen molar-refractivity contribution in [2.24, 2.45) is 17.8 Å². The number of allylic oxidation sites excluding steroid dienone is 3. The minimum absolute atomic E-state index is 0.0482. The molecule has 0 aromatic rings. The van der Waals surface area contributed by atoms with E-state index in [2.05, 4.69) is 58.2 Å². The second kappa shape index (κ2) is 18.5. The minimum atomic E-state index is -0.536. The number of hydrogen-bond donors (Lipinski definition) is 2. The van der Waals surface area contributed by atoms with Crippen LogP contribution < -0.4 is 5.32 Å². The van der Waals surface area contributed by atoms with Gasteiger partial charge in [-0.1, -0.05) is 39.0 Å². The second-order valence-electron chi connectivity index (χ2n) is 13.7. The number of Topliss-reactive ketones (excluding diaryl/α,β-unsaturated/α-hetero) is 1. The molecular weight excluding hydrogens is 576 g/mol. The highest BCUT2D eigenvalue weighted by molar-refractivity contribution is 5.78. The van der Waals surface area contributed by atoms with Crippen molar-refractivity contribution in [2.45, 2.75) is 116 Å². The summed E-state index contributed by atoms with van der Waals surface area (Å²) < 4.78 is 28.9. The molecule has 3 rings (SSSR count). The van der Waals surface area contributed by atoms with E-state index in [1.165, 1.54) is 5.57 Å². The number of carbonyl (C=O) groups is 2. The molecule has 0 bridgehead atoms. The van der Waals surface area contributed by atoms with Crippen LogP contribution in [0.1, 0.15) is 80.1 Å². The average Bonchev–Trinajstić information content (AvgIpc) is 3.68. The van der Waals surface area contributed by atoms with Crippen molar-refractivity contribution in [3.63, 3.8) is 0 Å².